The van der Waals surface area contributed by atoms with Gasteiger partial charge in [-0.3, -0.25) is 4.90 Å². The first kappa shape index (κ1) is 22.2. The highest BCUT2D eigenvalue weighted by Gasteiger charge is 2.10. The van der Waals surface area contributed by atoms with Gasteiger partial charge in [0.05, 0.1) is 10.6 Å². The van der Waals surface area contributed by atoms with E-state index in [9.17, 15) is 8.42 Å². The minimum Gasteiger partial charge on any atom is -0.492 e. The van der Waals surface area contributed by atoms with Crippen LogP contribution < -0.4 is 15.2 Å². The Morgan fingerprint density at radius 1 is 1.03 bits per heavy atom. The molecule has 1 aromatic heterocycles. The Labute approximate surface area is 188 Å². The summed E-state index contributed by atoms with van der Waals surface area (Å²) in [5.41, 5.74) is 2.34. The Kier molecular flexibility index (Phi) is 6.99. The molecular formula is C23H27N5O3S. The Morgan fingerprint density at radius 2 is 1.81 bits per heavy atom. The van der Waals surface area contributed by atoms with E-state index in [-0.39, 0.29) is 4.90 Å². The zero-order valence-electron chi connectivity index (χ0n) is 17.8. The molecule has 8 nitrogen and oxygen atoms in total. The molecule has 1 fully saturated rings. The summed E-state index contributed by atoms with van der Waals surface area (Å²) in [6.45, 7) is 3.92. The van der Waals surface area contributed by atoms with Gasteiger partial charge in [0.2, 0.25) is 16.0 Å². The zero-order chi connectivity index (χ0) is 22.4. The van der Waals surface area contributed by atoms with Gasteiger partial charge in [-0.05, 0) is 68.4 Å². The summed E-state index contributed by atoms with van der Waals surface area (Å²) in [6.07, 6.45) is 5.55. The fraction of sp³-hybridized carbons (Fsp3) is 0.304. The van der Waals surface area contributed by atoms with Crippen LogP contribution in [0.25, 0.3) is 11.3 Å². The number of aromatic nitrogens is 2. The van der Waals surface area contributed by atoms with Crippen molar-refractivity contribution in [3.8, 4) is 17.0 Å². The number of nitrogens with zero attached hydrogens (tertiary/aromatic N) is 3. The molecule has 4 rings (SSSR count). The van der Waals surface area contributed by atoms with E-state index in [1.54, 1.807) is 18.3 Å². The van der Waals surface area contributed by atoms with Gasteiger partial charge in [-0.15, -0.1) is 0 Å². The molecule has 3 aromatic rings. The normalized spacial score (nSPS) is 14.8. The highest BCUT2D eigenvalue weighted by molar-refractivity contribution is 7.89. The Balaban J connectivity index is 1.40. The lowest BCUT2D eigenvalue weighted by molar-refractivity contribution is 0.183. The van der Waals surface area contributed by atoms with Crippen molar-refractivity contribution >= 4 is 21.7 Å². The van der Waals surface area contributed by atoms with Crippen molar-refractivity contribution in [2.24, 2.45) is 5.14 Å². The Morgan fingerprint density at radius 3 is 2.56 bits per heavy atom. The summed E-state index contributed by atoms with van der Waals surface area (Å²) in [6, 6.07) is 15.8. The Bertz CT molecular complexity index is 1150. The van der Waals surface area contributed by atoms with Crippen LogP contribution in [0.1, 0.15) is 19.3 Å². The maximum atomic E-state index is 11.4. The van der Waals surface area contributed by atoms with Crippen LogP contribution in [-0.4, -0.2) is 49.5 Å². The first-order valence-electron chi connectivity index (χ1n) is 10.7. The van der Waals surface area contributed by atoms with Crippen molar-refractivity contribution < 1.29 is 13.2 Å². The quantitative estimate of drug-likeness (QED) is 0.538. The predicted molar refractivity (Wildman–Crippen MR) is 124 cm³/mol. The second-order valence-electron chi connectivity index (χ2n) is 7.74. The molecule has 9 heteroatoms. The van der Waals surface area contributed by atoms with E-state index in [1.807, 2.05) is 30.3 Å². The highest BCUT2D eigenvalue weighted by Crippen LogP contribution is 2.24. The lowest BCUT2D eigenvalue weighted by atomic mass is 10.1. The third-order valence-corrected chi connectivity index (χ3v) is 6.28. The molecule has 32 heavy (non-hydrogen) atoms. The van der Waals surface area contributed by atoms with Gasteiger partial charge in [0.15, 0.2) is 0 Å². The molecule has 0 unspecified atom stereocenters. The lowest BCUT2D eigenvalue weighted by Gasteiger charge is -2.26. The molecule has 168 valence electrons. The van der Waals surface area contributed by atoms with Gasteiger partial charge in [-0.25, -0.2) is 23.5 Å². The number of nitrogens with one attached hydrogen (secondary N) is 1. The standard InChI is InChI=1S/C23H27N5O3S/c24-32(29,30)21-9-7-19(8-10-21)26-23-25-12-11-22(27-23)18-5-4-6-20(17-18)31-16-15-28-13-2-1-3-14-28/h4-12,17H,1-3,13-16H2,(H2,24,29,30)(H,25,26,27). The number of sulfonamides is 1. The molecule has 0 radical (unpaired) electrons. The SMILES string of the molecule is NS(=O)(=O)c1ccc(Nc2nccc(-c3cccc(OCCN4CCCCC4)c3)n2)cc1. The summed E-state index contributed by atoms with van der Waals surface area (Å²) in [5.74, 6) is 1.22. The largest absolute Gasteiger partial charge is 0.492 e. The molecule has 1 saturated heterocycles. The number of ether oxygens (including phenoxy) is 1. The maximum Gasteiger partial charge on any atom is 0.238 e. The van der Waals surface area contributed by atoms with Crippen molar-refractivity contribution in [2.45, 2.75) is 24.2 Å². The second-order valence-corrected chi connectivity index (χ2v) is 9.30. The van der Waals surface area contributed by atoms with Crippen LogP contribution >= 0.6 is 0 Å². The van der Waals surface area contributed by atoms with Crippen molar-refractivity contribution in [1.82, 2.24) is 14.9 Å². The van der Waals surface area contributed by atoms with Crippen molar-refractivity contribution in [2.75, 3.05) is 31.6 Å². The molecule has 0 saturated carbocycles. The van der Waals surface area contributed by atoms with Gasteiger partial charge < -0.3 is 10.1 Å². The number of hydrogen-bond acceptors (Lipinski definition) is 7. The molecule has 0 atom stereocenters. The van der Waals surface area contributed by atoms with E-state index >= 15 is 0 Å². The smallest absolute Gasteiger partial charge is 0.238 e. The minimum atomic E-state index is -3.73. The summed E-state index contributed by atoms with van der Waals surface area (Å²) < 4.78 is 28.8. The average Bonchev–Trinajstić information content (AvgIpc) is 2.80. The number of nitrogens with two attached hydrogens (primary N) is 1. The number of hydrogen-bond donors (Lipinski definition) is 2. The number of anilines is 2. The van der Waals surface area contributed by atoms with E-state index in [0.29, 0.717) is 18.2 Å². The van der Waals surface area contributed by atoms with Gasteiger partial charge >= 0.3 is 0 Å². The molecule has 2 heterocycles. The Hall–Kier alpha value is -3.01. The first-order chi connectivity index (χ1) is 15.5. The number of primary sulfonamides is 1. The van der Waals surface area contributed by atoms with E-state index in [0.717, 1.165) is 36.6 Å². The molecule has 1 aliphatic rings. The molecule has 3 N–H and O–H groups in total. The topological polar surface area (TPSA) is 110 Å². The third-order valence-electron chi connectivity index (χ3n) is 5.35. The molecule has 0 aliphatic carbocycles. The fourth-order valence-electron chi connectivity index (χ4n) is 3.66. The lowest BCUT2D eigenvalue weighted by Crippen LogP contribution is -2.33. The van der Waals surface area contributed by atoms with Crippen LogP contribution in [0.3, 0.4) is 0 Å². The van der Waals surface area contributed by atoms with Crippen molar-refractivity contribution in [1.29, 1.82) is 0 Å². The average molecular weight is 454 g/mol. The van der Waals surface area contributed by atoms with Crippen molar-refractivity contribution in [3.63, 3.8) is 0 Å². The molecular weight excluding hydrogens is 426 g/mol. The monoisotopic (exact) mass is 453 g/mol. The van der Waals surface area contributed by atoms with E-state index in [4.69, 9.17) is 9.88 Å². The number of likely N-dealkylation sites (tertiary alicyclic amines) is 1. The van der Waals surface area contributed by atoms with Crippen LogP contribution in [0.15, 0.2) is 65.7 Å². The number of benzene rings is 2. The molecule has 0 amide bonds. The second kappa shape index (κ2) is 10.1. The van der Waals surface area contributed by atoms with Gasteiger partial charge in [0, 0.05) is 24.0 Å². The predicted octanol–water partition coefficient (Wildman–Crippen LogP) is 3.40. The molecule has 0 spiro atoms. The van der Waals surface area contributed by atoms with Crippen LogP contribution in [0, 0.1) is 0 Å². The highest BCUT2D eigenvalue weighted by atomic mass is 32.2. The van der Waals surface area contributed by atoms with Crippen molar-refractivity contribution in [3.05, 3.63) is 60.8 Å². The molecule has 0 bridgehead atoms. The van der Waals surface area contributed by atoms with Crippen LogP contribution in [0.5, 0.6) is 5.75 Å². The summed E-state index contributed by atoms with van der Waals surface area (Å²) in [5, 5.41) is 8.22. The first-order valence-corrected chi connectivity index (χ1v) is 12.2. The molecule has 2 aromatic carbocycles. The summed E-state index contributed by atoms with van der Waals surface area (Å²) >= 11 is 0. The van der Waals surface area contributed by atoms with E-state index in [2.05, 4.69) is 20.2 Å². The fourth-order valence-corrected chi connectivity index (χ4v) is 4.17. The van der Waals surface area contributed by atoms with Gasteiger partial charge in [-0.2, -0.15) is 0 Å². The van der Waals surface area contributed by atoms with Crippen LogP contribution in [-0.2, 0) is 10.0 Å². The van der Waals surface area contributed by atoms with Gasteiger partial charge in [0.1, 0.15) is 12.4 Å². The van der Waals surface area contributed by atoms with Crippen LogP contribution in [0.4, 0.5) is 11.6 Å². The minimum absolute atomic E-state index is 0.0508. The molecule has 1 aliphatic heterocycles. The number of rotatable bonds is 8. The van der Waals surface area contributed by atoms with Gasteiger partial charge in [-0.1, -0.05) is 18.6 Å². The zero-order valence-corrected chi connectivity index (χ0v) is 18.6. The summed E-state index contributed by atoms with van der Waals surface area (Å²) in [7, 11) is -3.73. The van der Waals surface area contributed by atoms with E-state index < -0.39 is 10.0 Å². The van der Waals surface area contributed by atoms with E-state index in [1.165, 1.54) is 31.4 Å². The maximum absolute atomic E-state index is 11.4. The summed E-state index contributed by atoms with van der Waals surface area (Å²) in [4.78, 5) is 11.3. The van der Waals surface area contributed by atoms with Crippen LogP contribution in [0.2, 0.25) is 0 Å². The van der Waals surface area contributed by atoms with Gasteiger partial charge in [0.25, 0.3) is 0 Å². The third kappa shape index (κ3) is 6.03. The number of piperidine rings is 1.